The normalized spacial score (nSPS) is 12.8. The maximum absolute atomic E-state index is 12.9. The molecule has 0 aromatic rings. The molecular weight excluding hydrogens is 937 g/mol. The van der Waals surface area contributed by atoms with Crippen molar-refractivity contribution >= 4 is 17.9 Å². The first-order valence-corrected chi connectivity index (χ1v) is 31.9. The van der Waals surface area contributed by atoms with Crippen molar-refractivity contribution in [1.29, 1.82) is 0 Å². The number of hydrogen-bond donors (Lipinski definition) is 0. The monoisotopic (exact) mass is 1050 g/mol. The summed E-state index contributed by atoms with van der Waals surface area (Å²) in [6, 6.07) is 0. The van der Waals surface area contributed by atoms with Crippen LogP contribution < -0.4 is 0 Å². The van der Waals surface area contributed by atoms with Crippen LogP contribution in [0.1, 0.15) is 297 Å². The van der Waals surface area contributed by atoms with Crippen LogP contribution in [0.15, 0.2) is 109 Å². The van der Waals surface area contributed by atoms with Crippen molar-refractivity contribution in [3.63, 3.8) is 0 Å². The molecular formula is C70H118O6. The number of carbonyl (C=O) groups excluding carboxylic acids is 3. The molecule has 434 valence electrons. The summed E-state index contributed by atoms with van der Waals surface area (Å²) >= 11 is 0. The molecule has 0 saturated heterocycles. The number of esters is 3. The fraction of sp³-hybridized carbons (Fsp3) is 0.700. The van der Waals surface area contributed by atoms with Crippen molar-refractivity contribution in [3.05, 3.63) is 109 Å². The van der Waals surface area contributed by atoms with Crippen molar-refractivity contribution in [2.24, 2.45) is 0 Å². The first-order chi connectivity index (χ1) is 37.5. The highest BCUT2D eigenvalue weighted by molar-refractivity contribution is 5.71. The minimum absolute atomic E-state index is 0.0940. The molecule has 6 nitrogen and oxygen atoms in total. The highest BCUT2D eigenvalue weighted by atomic mass is 16.6. The maximum Gasteiger partial charge on any atom is 0.306 e. The largest absolute Gasteiger partial charge is 0.462 e. The molecule has 0 amide bonds. The molecule has 0 aromatic heterocycles. The highest BCUT2D eigenvalue weighted by Gasteiger charge is 2.19. The van der Waals surface area contributed by atoms with Gasteiger partial charge in [0.15, 0.2) is 6.10 Å². The van der Waals surface area contributed by atoms with Crippen molar-refractivity contribution in [1.82, 2.24) is 0 Å². The number of rotatable bonds is 57. The van der Waals surface area contributed by atoms with Crippen molar-refractivity contribution in [2.45, 2.75) is 303 Å². The molecule has 0 fully saturated rings. The number of ether oxygens (including phenoxy) is 3. The summed E-state index contributed by atoms with van der Waals surface area (Å²) in [7, 11) is 0. The average Bonchev–Trinajstić information content (AvgIpc) is 3.42. The van der Waals surface area contributed by atoms with Gasteiger partial charge >= 0.3 is 17.9 Å². The zero-order valence-electron chi connectivity index (χ0n) is 49.7. The molecule has 0 saturated carbocycles. The van der Waals surface area contributed by atoms with E-state index in [4.69, 9.17) is 14.2 Å². The van der Waals surface area contributed by atoms with Crippen LogP contribution >= 0.6 is 0 Å². The van der Waals surface area contributed by atoms with Gasteiger partial charge < -0.3 is 14.2 Å². The lowest BCUT2D eigenvalue weighted by molar-refractivity contribution is -0.167. The van der Waals surface area contributed by atoms with E-state index in [1.54, 1.807) is 0 Å². The van der Waals surface area contributed by atoms with Crippen LogP contribution in [-0.4, -0.2) is 37.2 Å². The van der Waals surface area contributed by atoms with Crippen LogP contribution in [-0.2, 0) is 28.6 Å². The van der Waals surface area contributed by atoms with Crippen molar-refractivity contribution < 1.29 is 28.6 Å². The Kier molecular flexibility index (Phi) is 60.3. The lowest BCUT2D eigenvalue weighted by atomic mass is 10.0. The Morgan fingerprint density at radius 1 is 0.276 bits per heavy atom. The van der Waals surface area contributed by atoms with Crippen molar-refractivity contribution in [3.8, 4) is 0 Å². The molecule has 0 aromatic carbocycles. The van der Waals surface area contributed by atoms with Gasteiger partial charge in [0.1, 0.15) is 13.2 Å². The van der Waals surface area contributed by atoms with Gasteiger partial charge in [0, 0.05) is 19.3 Å². The van der Waals surface area contributed by atoms with Gasteiger partial charge in [-0.05, 0) is 122 Å². The Morgan fingerprint density at radius 3 is 0.842 bits per heavy atom. The first kappa shape index (κ1) is 72.1. The summed E-state index contributed by atoms with van der Waals surface area (Å²) in [5.74, 6) is -0.936. The molecule has 6 heteroatoms. The van der Waals surface area contributed by atoms with E-state index in [0.717, 1.165) is 109 Å². The second kappa shape index (κ2) is 63.6. The first-order valence-electron chi connectivity index (χ1n) is 31.9. The minimum atomic E-state index is -0.800. The minimum Gasteiger partial charge on any atom is -0.462 e. The van der Waals surface area contributed by atoms with Gasteiger partial charge in [0.2, 0.25) is 0 Å². The van der Waals surface area contributed by atoms with E-state index < -0.39 is 6.10 Å². The van der Waals surface area contributed by atoms with E-state index in [0.29, 0.717) is 19.3 Å². The molecule has 0 aliphatic heterocycles. The fourth-order valence-electron chi connectivity index (χ4n) is 8.77. The van der Waals surface area contributed by atoms with E-state index in [1.165, 1.54) is 148 Å². The standard InChI is InChI=1S/C70H118O6/c1-4-7-10-13-16-19-22-25-28-30-32-33-34-35-36-37-38-40-42-45-48-51-54-57-60-63-69(72)75-66-67(65-74-68(71)62-59-56-53-50-47-44-41-27-24-21-18-15-12-9-6-3)76-70(73)64-61-58-55-52-49-46-43-39-31-29-26-23-20-17-14-11-8-5-2/h7,9-10,12,16,18-19,21,25,27-29,31-33,41,47,50,67H,4-6,8,11,13-15,17,20,22-24,26,30,34-40,42-46,48-49,51-66H2,1-3H3/b10-7-,12-9-,19-16-,21-18-,28-25-,31-29-,33-32-,41-27-,50-47-. The van der Waals surface area contributed by atoms with E-state index >= 15 is 0 Å². The predicted molar refractivity (Wildman–Crippen MR) is 330 cm³/mol. The molecule has 0 bridgehead atoms. The Labute approximate surface area is 470 Å². The molecule has 0 rings (SSSR count). The van der Waals surface area contributed by atoms with E-state index in [9.17, 15) is 14.4 Å². The second-order valence-electron chi connectivity index (χ2n) is 20.9. The van der Waals surface area contributed by atoms with Gasteiger partial charge in [-0.25, -0.2) is 0 Å². The number of carbonyl (C=O) groups is 3. The molecule has 1 atom stereocenters. The second-order valence-corrected chi connectivity index (χ2v) is 20.9. The van der Waals surface area contributed by atoms with Crippen LogP contribution in [0.5, 0.6) is 0 Å². The van der Waals surface area contributed by atoms with E-state index in [2.05, 4.69) is 130 Å². The summed E-state index contributed by atoms with van der Waals surface area (Å²) in [6.45, 7) is 6.39. The predicted octanol–water partition coefficient (Wildman–Crippen LogP) is 21.8. The molecule has 0 N–H and O–H groups in total. The third kappa shape index (κ3) is 60.9. The summed E-state index contributed by atoms with van der Waals surface area (Å²) < 4.78 is 16.9. The quantitative estimate of drug-likeness (QED) is 0.0261. The van der Waals surface area contributed by atoms with Gasteiger partial charge in [0.25, 0.3) is 0 Å². The lowest BCUT2D eigenvalue weighted by Crippen LogP contribution is -2.30. The molecule has 0 aliphatic carbocycles. The van der Waals surface area contributed by atoms with Crippen LogP contribution in [0.3, 0.4) is 0 Å². The Morgan fingerprint density at radius 2 is 0.513 bits per heavy atom. The van der Waals surface area contributed by atoms with Crippen LogP contribution in [0.25, 0.3) is 0 Å². The molecule has 0 radical (unpaired) electrons. The lowest BCUT2D eigenvalue weighted by Gasteiger charge is -2.18. The number of unbranched alkanes of at least 4 members (excludes halogenated alkanes) is 28. The zero-order chi connectivity index (χ0) is 55.0. The van der Waals surface area contributed by atoms with E-state index in [1.807, 2.05) is 0 Å². The van der Waals surface area contributed by atoms with Crippen LogP contribution in [0.2, 0.25) is 0 Å². The number of hydrogen-bond acceptors (Lipinski definition) is 6. The summed E-state index contributed by atoms with van der Waals surface area (Å²) in [4.78, 5) is 38.3. The Bertz CT molecular complexity index is 1540. The Hall–Kier alpha value is -3.93. The molecule has 0 heterocycles. The molecule has 0 spiro atoms. The van der Waals surface area contributed by atoms with Crippen molar-refractivity contribution in [2.75, 3.05) is 13.2 Å². The third-order valence-electron chi connectivity index (χ3n) is 13.5. The smallest absolute Gasteiger partial charge is 0.306 e. The SMILES string of the molecule is CC/C=C\C/C=C\C/C=C\C/C=C\CCCCCCCCCCCCCCC(=O)OCC(COC(=O)CCCC/C=C\C/C=C\C/C=C\C/C=C\CC)OC(=O)CCCCCCCCC/C=C\CCCCCCCCC. The zero-order valence-corrected chi connectivity index (χ0v) is 49.7. The van der Waals surface area contributed by atoms with E-state index in [-0.39, 0.29) is 31.1 Å². The maximum atomic E-state index is 12.9. The molecule has 1 unspecified atom stereocenters. The average molecular weight is 1060 g/mol. The van der Waals surface area contributed by atoms with Gasteiger partial charge in [-0.3, -0.25) is 14.4 Å². The molecule has 0 aliphatic rings. The van der Waals surface area contributed by atoms with Crippen LogP contribution in [0.4, 0.5) is 0 Å². The third-order valence-corrected chi connectivity index (χ3v) is 13.5. The van der Waals surface area contributed by atoms with Gasteiger partial charge in [-0.15, -0.1) is 0 Å². The fourth-order valence-corrected chi connectivity index (χ4v) is 8.77. The Balaban J connectivity index is 4.37. The topological polar surface area (TPSA) is 78.9 Å². The number of allylic oxidation sites excluding steroid dienone is 18. The summed E-state index contributed by atoms with van der Waals surface area (Å²) in [5, 5.41) is 0. The highest BCUT2D eigenvalue weighted by Crippen LogP contribution is 2.16. The summed E-state index contributed by atoms with van der Waals surface area (Å²) in [6.07, 6.45) is 86.7. The van der Waals surface area contributed by atoms with Gasteiger partial charge in [-0.2, -0.15) is 0 Å². The summed E-state index contributed by atoms with van der Waals surface area (Å²) in [5.41, 5.74) is 0. The molecule has 76 heavy (non-hydrogen) atoms. The van der Waals surface area contributed by atoms with Gasteiger partial charge in [0.05, 0.1) is 0 Å². The van der Waals surface area contributed by atoms with Crippen LogP contribution in [0, 0.1) is 0 Å². The van der Waals surface area contributed by atoms with Gasteiger partial charge in [-0.1, -0.05) is 265 Å².